The van der Waals surface area contributed by atoms with Crippen LogP contribution in [-0.2, 0) is 22.7 Å². The summed E-state index contributed by atoms with van der Waals surface area (Å²) in [5, 5.41) is 4.29. The first kappa shape index (κ1) is 15.7. The fourth-order valence-electron chi connectivity index (χ4n) is 2.13. The molecule has 6 heteroatoms. The molecule has 6 nitrogen and oxygen atoms in total. The lowest BCUT2D eigenvalue weighted by Crippen LogP contribution is -2.38. The molecule has 2 heterocycles. The van der Waals surface area contributed by atoms with Gasteiger partial charge in [-0.15, -0.1) is 0 Å². The highest BCUT2D eigenvalue weighted by molar-refractivity contribution is 5.69. The number of carbonyl (C=O) groups is 1. The monoisotopic (exact) mass is 321 g/mol. The first-order valence-corrected chi connectivity index (χ1v) is 7.63. The molecule has 0 aliphatic heterocycles. The Morgan fingerprint density at radius 1 is 1.08 bits per heavy atom. The molecule has 120 valence electrons. The molecule has 24 heavy (non-hydrogen) atoms. The first-order valence-electron chi connectivity index (χ1n) is 7.63. The van der Waals surface area contributed by atoms with Crippen molar-refractivity contribution in [3.05, 3.63) is 72.9 Å². The van der Waals surface area contributed by atoms with Crippen LogP contribution in [0.2, 0.25) is 0 Å². The standard InChI is InChI=1S/C18H17N4O2/c23-18(24-14-15-4-2-1-3-5-15)7-11-22-10-6-16(12-21-22)17-13-19-8-9-20-17/h1-6,8-10,12-13H,7,11,14H2/q+1. The number of aryl methyl sites for hydroxylation is 1. The third kappa shape index (κ3) is 4.42. The predicted molar refractivity (Wildman–Crippen MR) is 86.3 cm³/mol. The van der Waals surface area contributed by atoms with Crippen molar-refractivity contribution in [3.8, 4) is 11.3 Å². The number of nitrogens with zero attached hydrogens (tertiary/aromatic N) is 4. The molecule has 3 aromatic rings. The summed E-state index contributed by atoms with van der Waals surface area (Å²) >= 11 is 0. The van der Waals surface area contributed by atoms with Gasteiger partial charge in [0.1, 0.15) is 19.2 Å². The molecule has 0 aliphatic rings. The average molecular weight is 321 g/mol. The maximum absolute atomic E-state index is 11.8. The smallest absolute Gasteiger partial charge is 0.312 e. The minimum absolute atomic E-state index is 0.244. The zero-order valence-electron chi connectivity index (χ0n) is 13.1. The number of benzene rings is 1. The van der Waals surface area contributed by atoms with Crippen molar-refractivity contribution in [2.75, 3.05) is 0 Å². The molecule has 3 rings (SSSR count). The molecule has 0 amide bonds. The number of aromatic nitrogens is 4. The Hall–Kier alpha value is -3.15. The van der Waals surface area contributed by atoms with Crippen LogP contribution in [0.25, 0.3) is 11.3 Å². The number of rotatable bonds is 6. The third-order valence-electron chi connectivity index (χ3n) is 3.42. The van der Waals surface area contributed by atoms with Gasteiger partial charge in [0.25, 0.3) is 0 Å². The van der Waals surface area contributed by atoms with Crippen LogP contribution in [0.1, 0.15) is 12.0 Å². The van der Waals surface area contributed by atoms with Crippen LogP contribution in [0.15, 0.2) is 67.4 Å². The van der Waals surface area contributed by atoms with Gasteiger partial charge in [0.15, 0.2) is 12.7 Å². The second-order valence-electron chi connectivity index (χ2n) is 5.17. The number of esters is 1. The van der Waals surface area contributed by atoms with E-state index in [1.54, 1.807) is 29.5 Å². The van der Waals surface area contributed by atoms with Crippen LogP contribution in [-0.4, -0.2) is 21.0 Å². The average Bonchev–Trinajstić information content (AvgIpc) is 2.67. The van der Waals surface area contributed by atoms with Gasteiger partial charge >= 0.3 is 5.97 Å². The second-order valence-corrected chi connectivity index (χ2v) is 5.17. The number of carbonyl (C=O) groups excluding carboxylic acids is 1. The Kier molecular flexibility index (Phi) is 5.19. The largest absolute Gasteiger partial charge is 0.461 e. The summed E-state index contributed by atoms with van der Waals surface area (Å²) in [6.07, 6.45) is 8.74. The highest BCUT2D eigenvalue weighted by Crippen LogP contribution is 2.11. The minimum atomic E-state index is -0.244. The normalized spacial score (nSPS) is 10.3. The quantitative estimate of drug-likeness (QED) is 0.513. The summed E-state index contributed by atoms with van der Waals surface area (Å²) in [7, 11) is 0. The molecule has 0 fully saturated rings. The Balaban J connectivity index is 1.49. The van der Waals surface area contributed by atoms with Crippen molar-refractivity contribution < 1.29 is 14.2 Å². The van der Waals surface area contributed by atoms with Gasteiger partial charge in [-0.1, -0.05) is 35.0 Å². The first-order chi connectivity index (χ1) is 11.8. The molecule has 2 aromatic heterocycles. The van der Waals surface area contributed by atoms with Crippen LogP contribution in [0, 0.1) is 0 Å². The highest BCUT2D eigenvalue weighted by Gasteiger charge is 2.10. The molecule has 0 aliphatic carbocycles. The van der Waals surface area contributed by atoms with Gasteiger partial charge < -0.3 is 4.74 Å². The van der Waals surface area contributed by atoms with E-state index < -0.39 is 0 Å². The predicted octanol–water partition coefficient (Wildman–Crippen LogP) is 1.96. The molecular weight excluding hydrogens is 304 g/mol. The highest BCUT2D eigenvalue weighted by atomic mass is 16.5. The van der Waals surface area contributed by atoms with Gasteiger partial charge in [-0.05, 0) is 10.7 Å². The lowest BCUT2D eigenvalue weighted by Gasteiger charge is -2.03. The van der Waals surface area contributed by atoms with Gasteiger partial charge in [-0.2, -0.15) is 0 Å². The SMILES string of the molecule is O=C(CC[n+]1ccc(-c2cnccn2)cn1)OCc1ccccc1. The molecule has 0 unspecified atom stereocenters. The van der Waals surface area contributed by atoms with E-state index >= 15 is 0 Å². The molecule has 0 radical (unpaired) electrons. The number of ether oxygens (including phenoxy) is 1. The minimum Gasteiger partial charge on any atom is -0.461 e. The Morgan fingerprint density at radius 2 is 1.96 bits per heavy atom. The van der Waals surface area contributed by atoms with Gasteiger partial charge in [0, 0.05) is 24.0 Å². The fourth-order valence-corrected chi connectivity index (χ4v) is 2.13. The molecule has 0 N–H and O–H groups in total. The van der Waals surface area contributed by atoms with Crippen LogP contribution in [0.4, 0.5) is 0 Å². The molecule has 0 bridgehead atoms. The lowest BCUT2D eigenvalue weighted by molar-refractivity contribution is -0.752. The van der Waals surface area contributed by atoms with Crippen molar-refractivity contribution in [2.45, 2.75) is 19.6 Å². The Labute approximate surface area is 139 Å². The maximum Gasteiger partial charge on any atom is 0.312 e. The molecule has 0 atom stereocenters. The third-order valence-corrected chi connectivity index (χ3v) is 3.42. The summed E-state index contributed by atoms with van der Waals surface area (Å²) in [5.74, 6) is -0.244. The fraction of sp³-hybridized carbons (Fsp3) is 0.167. The van der Waals surface area contributed by atoms with Gasteiger partial charge in [0.2, 0.25) is 0 Å². The van der Waals surface area contributed by atoms with Crippen LogP contribution >= 0.6 is 0 Å². The van der Waals surface area contributed by atoms with E-state index in [1.165, 1.54) is 0 Å². The molecule has 0 saturated heterocycles. The van der Waals surface area contributed by atoms with Crippen LogP contribution in [0.3, 0.4) is 0 Å². The van der Waals surface area contributed by atoms with Crippen LogP contribution in [0.5, 0.6) is 0 Å². The Morgan fingerprint density at radius 3 is 2.67 bits per heavy atom. The summed E-state index contributed by atoms with van der Waals surface area (Å²) in [6, 6.07) is 11.5. The van der Waals surface area contributed by atoms with Gasteiger partial charge in [0.05, 0.1) is 11.9 Å². The molecule has 0 spiro atoms. The van der Waals surface area contributed by atoms with Crippen molar-refractivity contribution >= 4 is 5.97 Å². The van der Waals surface area contributed by atoms with Crippen molar-refractivity contribution in [3.63, 3.8) is 0 Å². The van der Waals surface area contributed by atoms with Crippen molar-refractivity contribution in [1.29, 1.82) is 0 Å². The van der Waals surface area contributed by atoms with E-state index in [2.05, 4.69) is 15.1 Å². The zero-order chi connectivity index (χ0) is 16.6. The molecular formula is C18H17N4O2+. The van der Waals surface area contributed by atoms with E-state index in [4.69, 9.17) is 4.74 Å². The van der Waals surface area contributed by atoms with E-state index in [9.17, 15) is 4.79 Å². The summed E-state index contributed by atoms with van der Waals surface area (Å²) in [6.45, 7) is 0.762. The van der Waals surface area contributed by atoms with Crippen molar-refractivity contribution in [2.24, 2.45) is 0 Å². The maximum atomic E-state index is 11.8. The van der Waals surface area contributed by atoms with E-state index in [0.29, 0.717) is 13.2 Å². The van der Waals surface area contributed by atoms with Crippen molar-refractivity contribution in [1.82, 2.24) is 15.1 Å². The second kappa shape index (κ2) is 7.92. The van der Waals surface area contributed by atoms with Gasteiger partial charge in [-0.25, -0.2) is 0 Å². The van der Waals surface area contributed by atoms with Gasteiger partial charge in [-0.3, -0.25) is 14.8 Å². The van der Waals surface area contributed by atoms with E-state index in [0.717, 1.165) is 16.8 Å². The number of hydrogen-bond acceptors (Lipinski definition) is 5. The number of hydrogen-bond donors (Lipinski definition) is 0. The Bertz CT molecular complexity index is 777. The van der Waals surface area contributed by atoms with E-state index in [-0.39, 0.29) is 12.4 Å². The topological polar surface area (TPSA) is 68.9 Å². The summed E-state index contributed by atoms with van der Waals surface area (Å²) in [4.78, 5) is 20.0. The van der Waals surface area contributed by atoms with E-state index in [1.807, 2.05) is 42.6 Å². The molecule has 0 saturated carbocycles. The zero-order valence-corrected chi connectivity index (χ0v) is 13.1. The summed E-state index contributed by atoms with van der Waals surface area (Å²) < 4.78 is 6.94. The summed E-state index contributed by atoms with van der Waals surface area (Å²) in [5.41, 5.74) is 2.62. The van der Waals surface area contributed by atoms with Crippen LogP contribution < -0.4 is 4.68 Å². The lowest BCUT2D eigenvalue weighted by atomic mass is 10.2. The molecule has 1 aromatic carbocycles.